The van der Waals surface area contributed by atoms with Crippen molar-refractivity contribution in [1.29, 1.82) is 5.26 Å². The Labute approximate surface area is 170 Å². The number of halogens is 1. The minimum Gasteiger partial charge on any atom is -0.484 e. The van der Waals surface area contributed by atoms with E-state index in [9.17, 15) is 4.79 Å². The van der Waals surface area contributed by atoms with Crippen molar-refractivity contribution in [2.75, 3.05) is 11.9 Å². The number of benzene rings is 2. The van der Waals surface area contributed by atoms with E-state index in [0.717, 1.165) is 10.0 Å². The molecule has 0 aliphatic carbocycles. The molecule has 1 aromatic heterocycles. The van der Waals surface area contributed by atoms with Gasteiger partial charge < -0.3 is 14.8 Å². The van der Waals surface area contributed by atoms with Crippen LogP contribution in [-0.4, -0.2) is 17.5 Å². The standard InChI is InChI=1S/C21H16BrN3O3/c22-16-2-1-3-19(12-16)28-21-9-6-17(13-24-21)25-20(26)14-27-18-7-4-15(5-8-18)10-11-23/h1-9,12-13H,10,14H2,(H,25,26). The highest BCUT2D eigenvalue weighted by Crippen LogP contribution is 2.23. The van der Waals surface area contributed by atoms with Gasteiger partial charge in [-0.2, -0.15) is 5.26 Å². The summed E-state index contributed by atoms with van der Waals surface area (Å²) in [6, 6.07) is 19.9. The summed E-state index contributed by atoms with van der Waals surface area (Å²) in [6.07, 6.45) is 1.86. The highest BCUT2D eigenvalue weighted by Gasteiger charge is 2.06. The first-order valence-corrected chi connectivity index (χ1v) is 9.20. The number of nitriles is 1. The summed E-state index contributed by atoms with van der Waals surface area (Å²) in [7, 11) is 0. The Morgan fingerprint density at radius 1 is 1.11 bits per heavy atom. The molecule has 1 heterocycles. The third-order valence-electron chi connectivity index (χ3n) is 3.62. The van der Waals surface area contributed by atoms with Crippen LogP contribution >= 0.6 is 15.9 Å². The number of aromatic nitrogens is 1. The van der Waals surface area contributed by atoms with E-state index in [1.54, 1.807) is 36.4 Å². The van der Waals surface area contributed by atoms with Crippen molar-refractivity contribution >= 4 is 27.5 Å². The second-order valence-corrected chi connectivity index (χ2v) is 6.68. The van der Waals surface area contributed by atoms with E-state index >= 15 is 0 Å². The van der Waals surface area contributed by atoms with Gasteiger partial charge in [-0.05, 0) is 42.0 Å². The van der Waals surface area contributed by atoms with Crippen molar-refractivity contribution < 1.29 is 14.3 Å². The summed E-state index contributed by atoms with van der Waals surface area (Å²) in [6.45, 7) is -0.131. The first-order chi connectivity index (χ1) is 13.6. The van der Waals surface area contributed by atoms with Gasteiger partial charge in [-0.3, -0.25) is 4.79 Å². The summed E-state index contributed by atoms with van der Waals surface area (Å²) in [4.78, 5) is 16.2. The van der Waals surface area contributed by atoms with E-state index in [1.807, 2.05) is 24.3 Å². The number of amides is 1. The molecule has 3 rings (SSSR count). The second kappa shape index (κ2) is 9.53. The monoisotopic (exact) mass is 437 g/mol. The molecule has 0 aliphatic heterocycles. The lowest BCUT2D eigenvalue weighted by Crippen LogP contribution is -2.20. The van der Waals surface area contributed by atoms with Crippen molar-refractivity contribution in [3.05, 3.63) is 76.9 Å². The maximum Gasteiger partial charge on any atom is 0.262 e. The van der Waals surface area contributed by atoms with Crippen molar-refractivity contribution in [3.8, 4) is 23.4 Å². The van der Waals surface area contributed by atoms with Crippen molar-refractivity contribution in [1.82, 2.24) is 4.98 Å². The molecule has 0 aliphatic rings. The highest BCUT2D eigenvalue weighted by atomic mass is 79.9. The lowest BCUT2D eigenvalue weighted by atomic mass is 10.2. The van der Waals surface area contributed by atoms with E-state index in [2.05, 4.69) is 32.3 Å². The topological polar surface area (TPSA) is 84.2 Å². The van der Waals surface area contributed by atoms with Gasteiger partial charge in [0, 0.05) is 10.5 Å². The molecule has 1 N–H and O–H groups in total. The molecule has 0 spiro atoms. The zero-order valence-electron chi connectivity index (χ0n) is 14.8. The fraction of sp³-hybridized carbons (Fsp3) is 0.0952. The SMILES string of the molecule is N#CCc1ccc(OCC(=O)Nc2ccc(Oc3cccc(Br)c3)nc2)cc1. The average Bonchev–Trinajstić information content (AvgIpc) is 2.69. The van der Waals surface area contributed by atoms with Crippen LogP contribution in [0.1, 0.15) is 5.56 Å². The van der Waals surface area contributed by atoms with Gasteiger partial charge in [0.2, 0.25) is 5.88 Å². The number of carbonyl (C=O) groups is 1. The van der Waals surface area contributed by atoms with E-state index in [0.29, 0.717) is 29.5 Å². The van der Waals surface area contributed by atoms with Gasteiger partial charge >= 0.3 is 0 Å². The molecule has 2 aromatic carbocycles. The fourth-order valence-electron chi connectivity index (χ4n) is 2.31. The van der Waals surface area contributed by atoms with Crippen LogP contribution in [0.2, 0.25) is 0 Å². The minimum absolute atomic E-state index is 0.131. The third kappa shape index (κ3) is 5.83. The molecule has 0 atom stereocenters. The molecule has 7 heteroatoms. The van der Waals surface area contributed by atoms with Gasteiger partial charge in [0.05, 0.1) is 24.4 Å². The largest absolute Gasteiger partial charge is 0.484 e. The second-order valence-electron chi connectivity index (χ2n) is 5.76. The number of carbonyl (C=O) groups excluding carboxylic acids is 1. The number of nitrogens with zero attached hydrogens (tertiary/aromatic N) is 2. The van der Waals surface area contributed by atoms with Crippen molar-refractivity contribution in [2.45, 2.75) is 6.42 Å². The molecule has 140 valence electrons. The van der Waals surface area contributed by atoms with Gasteiger partial charge in [-0.1, -0.05) is 34.1 Å². The van der Waals surface area contributed by atoms with E-state index in [1.165, 1.54) is 6.20 Å². The maximum atomic E-state index is 12.0. The molecule has 3 aromatic rings. The Bertz CT molecular complexity index is 983. The maximum absolute atomic E-state index is 12.0. The summed E-state index contributed by atoms with van der Waals surface area (Å²) in [5.74, 6) is 1.34. The molecule has 0 radical (unpaired) electrons. The van der Waals surface area contributed by atoms with Crippen LogP contribution in [0.15, 0.2) is 71.3 Å². The Morgan fingerprint density at radius 2 is 1.93 bits per heavy atom. The van der Waals surface area contributed by atoms with Gasteiger partial charge in [-0.15, -0.1) is 0 Å². The number of hydrogen-bond acceptors (Lipinski definition) is 5. The first-order valence-electron chi connectivity index (χ1n) is 8.40. The number of hydrogen-bond donors (Lipinski definition) is 1. The number of anilines is 1. The molecule has 0 saturated heterocycles. The number of nitrogens with one attached hydrogen (secondary N) is 1. The molecule has 0 unspecified atom stereocenters. The van der Waals surface area contributed by atoms with Crippen LogP contribution in [-0.2, 0) is 11.2 Å². The quantitative estimate of drug-likeness (QED) is 0.577. The smallest absolute Gasteiger partial charge is 0.262 e. The zero-order chi connectivity index (χ0) is 19.8. The van der Waals surface area contributed by atoms with E-state index in [-0.39, 0.29) is 12.5 Å². The van der Waals surface area contributed by atoms with Crippen LogP contribution in [0, 0.1) is 11.3 Å². The normalized spacial score (nSPS) is 10.0. The summed E-state index contributed by atoms with van der Waals surface area (Å²) in [5.41, 5.74) is 1.44. The molecule has 0 saturated carbocycles. The minimum atomic E-state index is -0.302. The van der Waals surface area contributed by atoms with Gasteiger partial charge in [0.15, 0.2) is 6.61 Å². The predicted octanol–water partition coefficient (Wildman–Crippen LogP) is 4.72. The predicted molar refractivity (Wildman–Crippen MR) is 108 cm³/mol. The van der Waals surface area contributed by atoms with Gasteiger partial charge in [-0.25, -0.2) is 4.98 Å². The number of pyridine rings is 1. The number of rotatable bonds is 7. The average molecular weight is 438 g/mol. The molecule has 0 bridgehead atoms. The summed E-state index contributed by atoms with van der Waals surface area (Å²) in [5, 5.41) is 11.4. The number of ether oxygens (including phenoxy) is 2. The Balaban J connectivity index is 1.49. The van der Waals surface area contributed by atoms with Crippen LogP contribution in [0.4, 0.5) is 5.69 Å². The zero-order valence-corrected chi connectivity index (χ0v) is 16.3. The lowest BCUT2D eigenvalue weighted by molar-refractivity contribution is -0.118. The van der Waals surface area contributed by atoms with Crippen molar-refractivity contribution in [3.63, 3.8) is 0 Å². The van der Waals surface area contributed by atoms with Crippen LogP contribution < -0.4 is 14.8 Å². The summed E-state index contributed by atoms with van der Waals surface area (Å²) >= 11 is 3.38. The molecule has 1 amide bonds. The van der Waals surface area contributed by atoms with E-state index in [4.69, 9.17) is 14.7 Å². The molecule has 6 nitrogen and oxygen atoms in total. The van der Waals surface area contributed by atoms with Crippen LogP contribution in [0.5, 0.6) is 17.4 Å². The highest BCUT2D eigenvalue weighted by molar-refractivity contribution is 9.10. The van der Waals surface area contributed by atoms with Crippen LogP contribution in [0.3, 0.4) is 0 Å². The third-order valence-corrected chi connectivity index (χ3v) is 4.11. The van der Waals surface area contributed by atoms with Gasteiger partial charge in [0.1, 0.15) is 11.5 Å². The Morgan fingerprint density at radius 3 is 2.61 bits per heavy atom. The molecule has 0 fully saturated rings. The Kier molecular flexibility index (Phi) is 6.60. The van der Waals surface area contributed by atoms with Gasteiger partial charge in [0.25, 0.3) is 5.91 Å². The Hall–Kier alpha value is -3.37. The molecular formula is C21H16BrN3O3. The van der Waals surface area contributed by atoms with E-state index < -0.39 is 0 Å². The first kappa shape index (κ1) is 19.4. The summed E-state index contributed by atoms with van der Waals surface area (Å²) < 4.78 is 12.0. The lowest BCUT2D eigenvalue weighted by Gasteiger charge is -2.09. The molecule has 28 heavy (non-hydrogen) atoms. The van der Waals surface area contributed by atoms with Crippen molar-refractivity contribution in [2.24, 2.45) is 0 Å². The fourth-order valence-corrected chi connectivity index (χ4v) is 2.68. The van der Waals surface area contributed by atoms with Crippen LogP contribution in [0.25, 0.3) is 0 Å². The molecular weight excluding hydrogens is 422 g/mol.